The maximum atomic E-state index is 14.3. The zero-order chi connectivity index (χ0) is 36.7. The van der Waals surface area contributed by atoms with Crippen LogP contribution in [0.2, 0.25) is 0 Å². The highest BCUT2D eigenvalue weighted by Gasteiger charge is 2.34. The van der Waals surface area contributed by atoms with Crippen LogP contribution in [0.1, 0.15) is 79.7 Å². The highest BCUT2D eigenvalue weighted by atomic mass is 32.2. The number of halogens is 5. The second kappa shape index (κ2) is 14.6. The normalized spacial score (nSPS) is 18.1. The van der Waals surface area contributed by atoms with Crippen molar-refractivity contribution in [1.29, 1.82) is 0 Å². The van der Waals surface area contributed by atoms with Crippen LogP contribution >= 0.6 is 0 Å². The van der Waals surface area contributed by atoms with Gasteiger partial charge in [0.25, 0.3) is 0 Å². The molecule has 2 aliphatic rings. The van der Waals surface area contributed by atoms with Crippen LogP contribution in [0.15, 0.2) is 35.4 Å². The SMILES string of the molecule is Cc1cc(O[C@H](CN2CCN(C(=O)OC(C)(C)C)[C@H](C)C2)c2ccc(C3CC3)cn2)c(S(C)=O)cc1C(=O)Oc1c(F)c(F)c(F)c(F)c1F. The summed E-state index contributed by atoms with van der Waals surface area (Å²) in [6, 6.07) is 6.19. The van der Waals surface area contributed by atoms with Crippen LogP contribution in [0.5, 0.6) is 11.5 Å². The van der Waals surface area contributed by atoms with E-state index in [1.807, 2.05) is 19.1 Å². The average molecular weight is 724 g/mol. The number of ether oxygens (including phenoxy) is 3. The lowest BCUT2D eigenvalue weighted by Gasteiger charge is -2.41. The van der Waals surface area contributed by atoms with Gasteiger partial charge in [0.15, 0.2) is 6.10 Å². The van der Waals surface area contributed by atoms with Crippen LogP contribution in [0, 0.1) is 36.0 Å². The molecule has 15 heteroatoms. The summed E-state index contributed by atoms with van der Waals surface area (Å²) in [5.74, 6) is -14.2. The number of carbonyl (C=O) groups is 2. The molecule has 50 heavy (non-hydrogen) atoms. The molecule has 1 saturated heterocycles. The van der Waals surface area contributed by atoms with Gasteiger partial charge in [-0.05, 0) is 82.7 Å². The Morgan fingerprint density at radius 2 is 1.64 bits per heavy atom. The van der Waals surface area contributed by atoms with Gasteiger partial charge < -0.3 is 19.1 Å². The van der Waals surface area contributed by atoms with Crippen LogP contribution in [-0.4, -0.2) is 75.1 Å². The minimum Gasteiger partial charge on any atom is -0.481 e. The fourth-order valence-electron chi connectivity index (χ4n) is 5.66. The summed E-state index contributed by atoms with van der Waals surface area (Å²) >= 11 is 0. The number of benzene rings is 2. The zero-order valence-corrected chi connectivity index (χ0v) is 29.3. The van der Waals surface area contributed by atoms with Gasteiger partial charge in [0.05, 0.1) is 27.0 Å². The molecule has 0 radical (unpaired) electrons. The van der Waals surface area contributed by atoms with Gasteiger partial charge in [0.1, 0.15) is 11.4 Å². The Morgan fingerprint density at radius 1 is 1.00 bits per heavy atom. The van der Waals surface area contributed by atoms with E-state index in [0.717, 1.165) is 24.5 Å². The van der Waals surface area contributed by atoms with Gasteiger partial charge in [-0.2, -0.15) is 8.78 Å². The van der Waals surface area contributed by atoms with Crippen LogP contribution in [0.3, 0.4) is 0 Å². The van der Waals surface area contributed by atoms with Crippen molar-refractivity contribution in [3.05, 3.63) is 81.9 Å². The Bertz CT molecular complexity index is 1790. The fourth-order valence-corrected chi connectivity index (χ4v) is 6.33. The summed E-state index contributed by atoms with van der Waals surface area (Å²) in [6.45, 7) is 10.5. The zero-order valence-electron chi connectivity index (χ0n) is 28.5. The van der Waals surface area contributed by atoms with E-state index in [0.29, 0.717) is 37.8 Å². The standard InChI is InChI=1S/C35H38F5N3O6S/c1-18-13-24(26(50(6)46)14-22(18)33(44)48-32-30(39)28(37)27(36)29(38)31(32)40)47-25(23-10-9-21(15-41-23)20-7-8-20)17-42-11-12-43(19(2)16-42)34(45)49-35(3,4)5/h9-10,13-15,19-20,25H,7-8,11-12,16-17H2,1-6H3/t19-,25-,50?/m1/s1. The van der Waals surface area contributed by atoms with Crippen molar-refractivity contribution in [2.24, 2.45) is 0 Å². The van der Waals surface area contributed by atoms with Crippen molar-refractivity contribution < 1.29 is 50.0 Å². The molecule has 9 nitrogen and oxygen atoms in total. The maximum Gasteiger partial charge on any atom is 0.410 e. The summed E-state index contributed by atoms with van der Waals surface area (Å²) in [4.78, 5) is 34.3. The molecule has 3 atom stereocenters. The third kappa shape index (κ3) is 8.26. The van der Waals surface area contributed by atoms with E-state index in [1.165, 1.54) is 19.2 Å². The van der Waals surface area contributed by atoms with Gasteiger partial charge in [-0.15, -0.1) is 0 Å². The first-order chi connectivity index (χ1) is 23.4. The van der Waals surface area contributed by atoms with E-state index in [1.54, 1.807) is 31.9 Å². The smallest absolute Gasteiger partial charge is 0.410 e. The minimum atomic E-state index is -2.40. The topological polar surface area (TPSA) is 98.3 Å². The van der Waals surface area contributed by atoms with Gasteiger partial charge in [0, 0.05) is 44.7 Å². The molecule has 1 aliphatic heterocycles. The van der Waals surface area contributed by atoms with Crippen molar-refractivity contribution in [3.63, 3.8) is 0 Å². The number of aromatic nitrogens is 1. The largest absolute Gasteiger partial charge is 0.481 e. The molecule has 2 fully saturated rings. The molecule has 0 spiro atoms. The summed E-state index contributed by atoms with van der Waals surface area (Å²) in [5, 5.41) is 0. The predicted molar refractivity (Wildman–Crippen MR) is 173 cm³/mol. The number of esters is 1. The fraction of sp³-hybridized carbons (Fsp3) is 0.457. The van der Waals surface area contributed by atoms with E-state index in [-0.39, 0.29) is 27.8 Å². The molecule has 3 aromatic rings. The van der Waals surface area contributed by atoms with Crippen molar-refractivity contribution in [2.75, 3.05) is 32.4 Å². The third-order valence-electron chi connectivity index (χ3n) is 8.41. The highest BCUT2D eigenvalue weighted by molar-refractivity contribution is 7.84. The van der Waals surface area contributed by atoms with Crippen molar-refractivity contribution >= 4 is 22.9 Å². The number of amides is 1. The lowest BCUT2D eigenvalue weighted by atomic mass is 10.1. The molecule has 0 N–H and O–H groups in total. The molecule has 2 heterocycles. The molecule has 5 rings (SSSR count). The summed E-state index contributed by atoms with van der Waals surface area (Å²) in [7, 11) is -1.79. The van der Waals surface area contributed by atoms with E-state index < -0.39 is 69.4 Å². The Labute approximate surface area is 289 Å². The molecular formula is C35H38F5N3O6S. The summed E-state index contributed by atoms with van der Waals surface area (Å²) in [5.41, 5.74) is 0.864. The van der Waals surface area contributed by atoms with Crippen LogP contribution < -0.4 is 9.47 Å². The molecule has 270 valence electrons. The number of pyridine rings is 1. The molecule has 2 aromatic carbocycles. The Balaban J connectivity index is 1.42. The predicted octanol–water partition coefficient (Wildman–Crippen LogP) is 6.98. The number of aryl methyl sites for hydroxylation is 1. The Morgan fingerprint density at radius 3 is 2.18 bits per heavy atom. The number of carbonyl (C=O) groups excluding carboxylic acids is 2. The first-order valence-corrected chi connectivity index (χ1v) is 17.6. The lowest BCUT2D eigenvalue weighted by Crippen LogP contribution is -2.55. The second-order valence-electron chi connectivity index (χ2n) is 13.5. The molecule has 1 saturated carbocycles. The van der Waals surface area contributed by atoms with Gasteiger partial charge in [-0.1, -0.05) is 6.07 Å². The van der Waals surface area contributed by atoms with E-state index >= 15 is 0 Å². The monoisotopic (exact) mass is 723 g/mol. The number of hydrogen-bond acceptors (Lipinski definition) is 8. The van der Waals surface area contributed by atoms with E-state index in [2.05, 4.69) is 14.6 Å². The molecule has 1 amide bonds. The molecule has 1 aliphatic carbocycles. The quantitative estimate of drug-likeness (QED) is 0.0768. The van der Waals surface area contributed by atoms with E-state index in [4.69, 9.17) is 9.47 Å². The van der Waals surface area contributed by atoms with Crippen LogP contribution in [-0.2, 0) is 15.5 Å². The Kier molecular flexibility index (Phi) is 10.9. The first kappa shape index (κ1) is 37.2. The summed E-state index contributed by atoms with van der Waals surface area (Å²) in [6.07, 6.45) is 4.19. The third-order valence-corrected chi connectivity index (χ3v) is 9.34. The number of rotatable bonds is 9. The molecular weight excluding hydrogens is 685 g/mol. The van der Waals surface area contributed by atoms with Gasteiger partial charge in [0.2, 0.25) is 34.8 Å². The van der Waals surface area contributed by atoms with E-state index in [9.17, 15) is 35.8 Å². The van der Waals surface area contributed by atoms with Crippen molar-refractivity contribution in [1.82, 2.24) is 14.8 Å². The highest BCUT2D eigenvalue weighted by Crippen LogP contribution is 2.40. The maximum absolute atomic E-state index is 14.3. The van der Waals surface area contributed by atoms with Crippen LogP contribution in [0.25, 0.3) is 0 Å². The van der Waals surface area contributed by atoms with Gasteiger partial charge >= 0.3 is 12.1 Å². The Hall–Kier alpha value is -4.11. The number of nitrogens with zero attached hydrogens (tertiary/aromatic N) is 3. The molecule has 1 unspecified atom stereocenters. The number of hydrogen-bond donors (Lipinski definition) is 0. The summed E-state index contributed by atoms with van der Waals surface area (Å²) < 4.78 is 99.2. The van der Waals surface area contributed by atoms with Crippen molar-refractivity contribution in [2.45, 2.75) is 76.0 Å². The van der Waals surface area contributed by atoms with Crippen molar-refractivity contribution in [3.8, 4) is 11.5 Å². The first-order valence-electron chi connectivity index (χ1n) is 16.0. The molecule has 1 aromatic heterocycles. The van der Waals surface area contributed by atoms with Gasteiger partial charge in [-0.3, -0.25) is 14.1 Å². The number of piperazine rings is 1. The lowest BCUT2D eigenvalue weighted by molar-refractivity contribution is -0.00326. The molecule has 0 bridgehead atoms. The average Bonchev–Trinajstić information content (AvgIpc) is 3.89. The van der Waals surface area contributed by atoms with Gasteiger partial charge in [-0.25, -0.2) is 22.8 Å². The second-order valence-corrected chi connectivity index (χ2v) is 14.9. The van der Waals surface area contributed by atoms with Crippen LogP contribution in [0.4, 0.5) is 26.7 Å². The minimum absolute atomic E-state index is 0.0164.